The molecular weight excluding hydrogens is 336 g/mol. The highest BCUT2D eigenvalue weighted by molar-refractivity contribution is 7.78. The van der Waals surface area contributed by atoms with Gasteiger partial charge in [0, 0.05) is 17.7 Å². The largest absolute Gasteiger partial charge is 0.205 e. The van der Waals surface area contributed by atoms with E-state index in [-0.39, 0.29) is 11.3 Å². The fourth-order valence-electron chi connectivity index (χ4n) is 2.80. The van der Waals surface area contributed by atoms with Crippen LogP contribution in [0.3, 0.4) is 0 Å². The van der Waals surface area contributed by atoms with Crippen molar-refractivity contribution in [3.8, 4) is 11.8 Å². The molecule has 0 heterocycles. The second kappa shape index (κ2) is 7.53. The fourth-order valence-corrected chi connectivity index (χ4v) is 2.91. The van der Waals surface area contributed by atoms with Crippen LogP contribution in [-0.2, 0) is 12.8 Å². The van der Waals surface area contributed by atoms with Crippen LogP contribution >= 0.6 is 12.2 Å². The average molecular weight is 351 g/mol. The van der Waals surface area contributed by atoms with Crippen LogP contribution in [0, 0.1) is 23.5 Å². The van der Waals surface area contributed by atoms with E-state index in [0.717, 1.165) is 42.5 Å². The van der Waals surface area contributed by atoms with Gasteiger partial charge < -0.3 is 0 Å². The minimum atomic E-state index is -0.749. The number of nitrogens with zero attached hydrogens (tertiary/aromatic N) is 1. The van der Waals surface area contributed by atoms with Gasteiger partial charge in [0.25, 0.3) is 0 Å². The molecule has 0 saturated heterocycles. The molecule has 25 heavy (non-hydrogen) atoms. The number of allylic oxidation sites excluding steroid dienone is 1. The number of benzene rings is 2. The van der Waals surface area contributed by atoms with Gasteiger partial charge in [0.1, 0.15) is 11.6 Å². The minimum Gasteiger partial charge on any atom is -0.205 e. The monoisotopic (exact) mass is 351 g/mol. The van der Waals surface area contributed by atoms with E-state index in [9.17, 15) is 8.78 Å². The Balaban J connectivity index is 1.91. The van der Waals surface area contributed by atoms with Crippen molar-refractivity contribution >= 4 is 29.1 Å². The Labute approximate surface area is 151 Å². The van der Waals surface area contributed by atoms with Crippen molar-refractivity contribution in [3.05, 3.63) is 69.8 Å². The van der Waals surface area contributed by atoms with Crippen LogP contribution in [0.15, 0.2) is 40.9 Å². The molecule has 1 nitrogen and oxygen atoms in total. The number of halogens is 2. The molecule has 0 amide bonds. The maximum Gasteiger partial charge on any atom is 0.143 e. The van der Waals surface area contributed by atoms with Gasteiger partial charge in [0.2, 0.25) is 0 Å². The van der Waals surface area contributed by atoms with Gasteiger partial charge in [-0.1, -0.05) is 37.0 Å². The van der Waals surface area contributed by atoms with Crippen LogP contribution in [0.25, 0.3) is 6.08 Å². The lowest BCUT2D eigenvalue weighted by Gasteiger charge is -2.14. The van der Waals surface area contributed by atoms with Gasteiger partial charge >= 0.3 is 0 Å². The molecule has 0 saturated carbocycles. The molecule has 0 aliphatic heterocycles. The summed E-state index contributed by atoms with van der Waals surface area (Å²) in [4.78, 5) is 3.58. The number of thiocarbonyl (C=S) groups is 1. The van der Waals surface area contributed by atoms with Crippen molar-refractivity contribution in [2.75, 3.05) is 0 Å². The molecule has 1 aliphatic rings. The molecular formula is C21H15F2NS. The Morgan fingerprint density at radius 3 is 2.52 bits per heavy atom. The summed E-state index contributed by atoms with van der Waals surface area (Å²) in [5, 5.41) is 2.09. The molecule has 124 valence electrons. The first-order valence-electron chi connectivity index (χ1n) is 8.02. The number of hydrogen-bond donors (Lipinski definition) is 0. The predicted molar refractivity (Wildman–Crippen MR) is 100 cm³/mol. The number of rotatable bonds is 2. The molecule has 1 aliphatic carbocycles. The molecule has 0 spiro atoms. The first-order valence-corrected chi connectivity index (χ1v) is 8.43. The van der Waals surface area contributed by atoms with E-state index in [2.05, 4.69) is 59.3 Å². The van der Waals surface area contributed by atoms with E-state index >= 15 is 0 Å². The molecule has 0 unspecified atom stereocenters. The summed E-state index contributed by atoms with van der Waals surface area (Å²) in [6.45, 7) is 2.13. The lowest BCUT2D eigenvalue weighted by molar-refractivity contribution is 0.578. The van der Waals surface area contributed by atoms with Gasteiger partial charge in [-0.15, -0.1) is 0 Å². The first kappa shape index (κ1) is 17.2. The maximum atomic E-state index is 14.0. The standard InChI is InChI=1S/C21H15F2NS/c1-2-14-3-6-17-10-15(4-7-16(17)9-14)5-8-19-20(22)11-18(24-13-25)12-21(19)23/h3,6,9-12H,2,4,7H2,1H3. The van der Waals surface area contributed by atoms with Crippen molar-refractivity contribution in [2.45, 2.75) is 26.2 Å². The second-order valence-corrected chi connectivity index (χ2v) is 5.98. The Morgan fingerprint density at radius 1 is 1.08 bits per heavy atom. The van der Waals surface area contributed by atoms with E-state index in [1.807, 2.05) is 6.08 Å². The van der Waals surface area contributed by atoms with Crippen LogP contribution in [0.2, 0.25) is 0 Å². The molecule has 0 N–H and O–H groups in total. The average Bonchev–Trinajstić information content (AvgIpc) is 2.60. The van der Waals surface area contributed by atoms with Crippen LogP contribution in [0.4, 0.5) is 14.5 Å². The topological polar surface area (TPSA) is 12.4 Å². The fraction of sp³-hybridized carbons (Fsp3) is 0.190. The van der Waals surface area contributed by atoms with Crippen molar-refractivity contribution in [1.29, 1.82) is 0 Å². The molecule has 0 radical (unpaired) electrons. The van der Waals surface area contributed by atoms with Gasteiger partial charge in [-0.05, 0) is 54.2 Å². The third kappa shape index (κ3) is 3.91. The highest BCUT2D eigenvalue weighted by Gasteiger charge is 2.11. The zero-order chi connectivity index (χ0) is 17.8. The summed E-state index contributed by atoms with van der Waals surface area (Å²) in [7, 11) is 0. The van der Waals surface area contributed by atoms with Crippen molar-refractivity contribution in [2.24, 2.45) is 4.99 Å². The molecule has 4 heteroatoms. The predicted octanol–water partition coefficient (Wildman–Crippen LogP) is 5.64. The van der Waals surface area contributed by atoms with E-state index < -0.39 is 11.6 Å². The van der Waals surface area contributed by atoms with Gasteiger partial charge in [-0.2, -0.15) is 4.99 Å². The molecule has 0 atom stereocenters. The highest BCUT2D eigenvalue weighted by Crippen LogP contribution is 2.25. The molecule has 2 aromatic rings. The van der Waals surface area contributed by atoms with Crippen LogP contribution in [-0.4, -0.2) is 5.16 Å². The highest BCUT2D eigenvalue weighted by atomic mass is 32.1. The number of aryl methyl sites for hydroxylation is 2. The van der Waals surface area contributed by atoms with E-state index in [0.29, 0.717) is 0 Å². The zero-order valence-electron chi connectivity index (χ0n) is 13.7. The molecule has 0 bridgehead atoms. The first-order chi connectivity index (χ1) is 12.1. The van der Waals surface area contributed by atoms with Crippen molar-refractivity contribution in [1.82, 2.24) is 0 Å². The van der Waals surface area contributed by atoms with E-state index in [4.69, 9.17) is 0 Å². The SMILES string of the molecule is CCc1ccc2c(c1)CCC(C#Cc1c(F)cc(N=C=S)cc1F)=C2. The number of fused-ring (bicyclic) bond motifs is 1. The van der Waals surface area contributed by atoms with Gasteiger partial charge in [-0.25, -0.2) is 8.78 Å². The molecule has 3 rings (SSSR count). The quantitative estimate of drug-likeness (QED) is 0.387. The Hall–Kier alpha value is -2.60. The van der Waals surface area contributed by atoms with Gasteiger partial charge in [-0.3, -0.25) is 0 Å². The smallest absolute Gasteiger partial charge is 0.143 e. The Morgan fingerprint density at radius 2 is 1.84 bits per heavy atom. The number of hydrogen-bond acceptors (Lipinski definition) is 2. The molecule has 0 aromatic heterocycles. The normalized spacial score (nSPS) is 12.4. The molecule has 0 fully saturated rings. The van der Waals surface area contributed by atoms with Crippen molar-refractivity contribution in [3.63, 3.8) is 0 Å². The number of aliphatic imine (C=N–C) groups is 1. The summed E-state index contributed by atoms with van der Waals surface area (Å²) >= 11 is 4.44. The summed E-state index contributed by atoms with van der Waals surface area (Å²) in [6.07, 6.45) is 4.65. The lowest BCUT2D eigenvalue weighted by Crippen LogP contribution is -1.99. The van der Waals surface area contributed by atoms with Gasteiger partial charge in [0.05, 0.1) is 16.4 Å². The third-order valence-electron chi connectivity index (χ3n) is 4.16. The number of isothiocyanates is 1. The van der Waals surface area contributed by atoms with Crippen LogP contribution in [0.1, 0.15) is 35.6 Å². The van der Waals surface area contributed by atoms with Crippen LogP contribution < -0.4 is 0 Å². The summed E-state index contributed by atoms with van der Waals surface area (Å²) in [5.74, 6) is 4.02. The van der Waals surface area contributed by atoms with Gasteiger partial charge in [0.15, 0.2) is 0 Å². The minimum absolute atomic E-state index is 0.0908. The summed E-state index contributed by atoms with van der Waals surface area (Å²) in [6, 6.07) is 8.59. The molecule has 2 aromatic carbocycles. The maximum absolute atomic E-state index is 14.0. The van der Waals surface area contributed by atoms with Crippen molar-refractivity contribution < 1.29 is 8.78 Å². The summed E-state index contributed by atoms with van der Waals surface area (Å²) in [5.41, 5.74) is 4.44. The van der Waals surface area contributed by atoms with E-state index in [1.165, 1.54) is 11.1 Å². The lowest BCUT2D eigenvalue weighted by atomic mass is 9.90. The van der Waals surface area contributed by atoms with Crippen LogP contribution in [0.5, 0.6) is 0 Å². The Kier molecular flexibility index (Phi) is 5.19. The van der Waals surface area contributed by atoms with E-state index in [1.54, 1.807) is 0 Å². The summed E-state index contributed by atoms with van der Waals surface area (Å²) < 4.78 is 28.1. The third-order valence-corrected chi connectivity index (χ3v) is 4.25. The second-order valence-electron chi connectivity index (χ2n) is 5.79. The Bertz CT molecular complexity index is 950. The zero-order valence-corrected chi connectivity index (χ0v) is 14.5.